The Balaban J connectivity index is 1.78. The zero-order valence-electron chi connectivity index (χ0n) is 7.75. The molecule has 2 heterocycles. The minimum absolute atomic E-state index is 0.344. The Hall–Kier alpha value is -0.870. The summed E-state index contributed by atoms with van der Waals surface area (Å²) in [5, 5.41) is 3.24. The highest BCUT2D eigenvalue weighted by molar-refractivity contribution is 4.93. The standard InChI is InChI=1S/C9H14N2O2/c1-7-11-8(5-12-7)6-13-9-2-3-10-4-9/h5,9-10H,2-4,6H2,1H3. The van der Waals surface area contributed by atoms with E-state index in [-0.39, 0.29) is 0 Å². The summed E-state index contributed by atoms with van der Waals surface area (Å²) in [5.74, 6) is 0.697. The van der Waals surface area contributed by atoms with Gasteiger partial charge in [0.25, 0.3) is 0 Å². The number of oxazole rings is 1. The largest absolute Gasteiger partial charge is 0.449 e. The summed E-state index contributed by atoms with van der Waals surface area (Å²) < 4.78 is 10.7. The van der Waals surface area contributed by atoms with E-state index in [1.165, 1.54) is 0 Å². The van der Waals surface area contributed by atoms with E-state index >= 15 is 0 Å². The van der Waals surface area contributed by atoms with Gasteiger partial charge in [-0.25, -0.2) is 4.98 Å². The second-order valence-electron chi connectivity index (χ2n) is 3.28. The Morgan fingerprint density at radius 2 is 2.69 bits per heavy atom. The minimum atomic E-state index is 0.344. The van der Waals surface area contributed by atoms with Gasteiger partial charge in [-0.1, -0.05) is 0 Å². The van der Waals surface area contributed by atoms with Gasteiger partial charge in [0.15, 0.2) is 5.89 Å². The predicted molar refractivity (Wildman–Crippen MR) is 47.3 cm³/mol. The molecular formula is C9H14N2O2. The summed E-state index contributed by atoms with van der Waals surface area (Å²) >= 11 is 0. The molecule has 0 bridgehead atoms. The fourth-order valence-corrected chi connectivity index (χ4v) is 1.45. The summed E-state index contributed by atoms with van der Waals surface area (Å²) in [4.78, 5) is 4.16. The van der Waals surface area contributed by atoms with Crippen LogP contribution in [0.3, 0.4) is 0 Å². The molecule has 1 aliphatic heterocycles. The first-order valence-electron chi connectivity index (χ1n) is 4.58. The molecule has 1 saturated heterocycles. The van der Waals surface area contributed by atoms with Crippen LogP contribution in [0.15, 0.2) is 10.7 Å². The van der Waals surface area contributed by atoms with Crippen molar-refractivity contribution in [3.05, 3.63) is 17.8 Å². The highest BCUT2D eigenvalue weighted by Gasteiger charge is 2.15. The Labute approximate surface area is 77.3 Å². The van der Waals surface area contributed by atoms with Gasteiger partial charge < -0.3 is 14.5 Å². The van der Waals surface area contributed by atoms with E-state index in [0.717, 1.165) is 25.2 Å². The van der Waals surface area contributed by atoms with E-state index in [0.29, 0.717) is 18.6 Å². The molecule has 1 unspecified atom stereocenters. The lowest BCUT2D eigenvalue weighted by Crippen LogP contribution is -2.16. The van der Waals surface area contributed by atoms with Crippen LogP contribution >= 0.6 is 0 Å². The lowest BCUT2D eigenvalue weighted by atomic mass is 10.3. The molecule has 4 heteroatoms. The van der Waals surface area contributed by atoms with Gasteiger partial charge in [-0.15, -0.1) is 0 Å². The van der Waals surface area contributed by atoms with Crippen molar-refractivity contribution in [1.82, 2.24) is 10.3 Å². The number of ether oxygens (including phenoxy) is 1. The van der Waals surface area contributed by atoms with Crippen LogP contribution in [0.4, 0.5) is 0 Å². The van der Waals surface area contributed by atoms with E-state index in [2.05, 4.69) is 10.3 Å². The maximum Gasteiger partial charge on any atom is 0.191 e. The molecular weight excluding hydrogens is 168 g/mol. The van der Waals surface area contributed by atoms with Crippen LogP contribution in [0.2, 0.25) is 0 Å². The summed E-state index contributed by atoms with van der Waals surface area (Å²) in [7, 11) is 0. The predicted octanol–water partition coefficient (Wildman–Crippen LogP) is 0.862. The molecule has 1 aliphatic rings. The Bertz CT molecular complexity index is 266. The minimum Gasteiger partial charge on any atom is -0.449 e. The zero-order chi connectivity index (χ0) is 9.10. The molecule has 2 rings (SSSR count). The molecule has 13 heavy (non-hydrogen) atoms. The fourth-order valence-electron chi connectivity index (χ4n) is 1.45. The molecule has 0 radical (unpaired) electrons. The molecule has 0 saturated carbocycles. The van der Waals surface area contributed by atoms with Gasteiger partial charge in [-0.3, -0.25) is 0 Å². The van der Waals surface area contributed by atoms with Gasteiger partial charge in [0, 0.05) is 13.5 Å². The molecule has 0 spiro atoms. The van der Waals surface area contributed by atoms with Crippen LogP contribution in [-0.2, 0) is 11.3 Å². The summed E-state index contributed by atoms with van der Waals surface area (Å²) in [6.45, 7) is 4.41. The SMILES string of the molecule is Cc1nc(COC2CCNC2)co1. The van der Waals surface area contributed by atoms with E-state index < -0.39 is 0 Å². The quantitative estimate of drug-likeness (QED) is 0.753. The molecule has 0 aromatic carbocycles. The molecule has 1 atom stereocenters. The van der Waals surface area contributed by atoms with Crippen LogP contribution < -0.4 is 5.32 Å². The van der Waals surface area contributed by atoms with Gasteiger partial charge >= 0.3 is 0 Å². The third-order valence-corrected chi connectivity index (χ3v) is 2.15. The first-order chi connectivity index (χ1) is 6.34. The number of aromatic nitrogens is 1. The summed E-state index contributed by atoms with van der Waals surface area (Å²) in [6.07, 6.45) is 3.09. The maximum absolute atomic E-state index is 5.62. The highest BCUT2D eigenvalue weighted by Crippen LogP contribution is 2.08. The van der Waals surface area contributed by atoms with Crippen molar-refractivity contribution in [3.63, 3.8) is 0 Å². The summed E-state index contributed by atoms with van der Waals surface area (Å²) in [5.41, 5.74) is 0.879. The van der Waals surface area contributed by atoms with Crippen molar-refractivity contribution in [1.29, 1.82) is 0 Å². The molecule has 1 N–H and O–H groups in total. The van der Waals surface area contributed by atoms with Crippen molar-refractivity contribution in [3.8, 4) is 0 Å². The number of rotatable bonds is 3. The maximum atomic E-state index is 5.62. The van der Waals surface area contributed by atoms with Crippen molar-refractivity contribution >= 4 is 0 Å². The molecule has 1 fully saturated rings. The number of nitrogens with one attached hydrogen (secondary N) is 1. The van der Waals surface area contributed by atoms with E-state index in [9.17, 15) is 0 Å². The van der Waals surface area contributed by atoms with Crippen molar-refractivity contribution in [2.45, 2.75) is 26.1 Å². The first kappa shape index (κ1) is 8.72. The van der Waals surface area contributed by atoms with Crippen molar-refractivity contribution in [2.75, 3.05) is 13.1 Å². The topological polar surface area (TPSA) is 47.3 Å². The van der Waals surface area contributed by atoms with Gasteiger partial charge in [0.05, 0.1) is 12.7 Å². The second kappa shape index (κ2) is 3.89. The van der Waals surface area contributed by atoms with Crippen LogP contribution in [0, 0.1) is 6.92 Å². The van der Waals surface area contributed by atoms with Gasteiger partial charge in [-0.2, -0.15) is 0 Å². The molecule has 0 amide bonds. The molecule has 72 valence electrons. The van der Waals surface area contributed by atoms with Crippen molar-refractivity contribution in [2.24, 2.45) is 0 Å². The van der Waals surface area contributed by atoms with E-state index in [4.69, 9.17) is 9.15 Å². The first-order valence-corrected chi connectivity index (χ1v) is 4.58. The van der Waals surface area contributed by atoms with Gasteiger partial charge in [0.2, 0.25) is 0 Å². The fraction of sp³-hybridized carbons (Fsp3) is 0.667. The van der Waals surface area contributed by atoms with Crippen LogP contribution in [0.5, 0.6) is 0 Å². The third-order valence-electron chi connectivity index (χ3n) is 2.15. The third kappa shape index (κ3) is 2.29. The van der Waals surface area contributed by atoms with Crippen molar-refractivity contribution < 1.29 is 9.15 Å². The van der Waals surface area contributed by atoms with Crippen LogP contribution in [0.1, 0.15) is 18.0 Å². The van der Waals surface area contributed by atoms with E-state index in [1.54, 1.807) is 6.26 Å². The number of hydrogen-bond donors (Lipinski definition) is 1. The average molecular weight is 182 g/mol. The Morgan fingerprint density at radius 1 is 1.77 bits per heavy atom. The molecule has 1 aromatic heterocycles. The zero-order valence-corrected chi connectivity index (χ0v) is 7.75. The van der Waals surface area contributed by atoms with Crippen LogP contribution in [0.25, 0.3) is 0 Å². The molecule has 1 aromatic rings. The monoisotopic (exact) mass is 182 g/mol. The molecule has 0 aliphatic carbocycles. The lowest BCUT2D eigenvalue weighted by molar-refractivity contribution is 0.0522. The lowest BCUT2D eigenvalue weighted by Gasteiger charge is -2.07. The molecule has 4 nitrogen and oxygen atoms in total. The number of aryl methyl sites for hydroxylation is 1. The smallest absolute Gasteiger partial charge is 0.191 e. The normalized spacial score (nSPS) is 22.4. The Morgan fingerprint density at radius 3 is 3.31 bits per heavy atom. The highest BCUT2D eigenvalue weighted by atomic mass is 16.5. The number of hydrogen-bond acceptors (Lipinski definition) is 4. The average Bonchev–Trinajstić information content (AvgIpc) is 2.71. The summed E-state index contributed by atoms with van der Waals surface area (Å²) in [6, 6.07) is 0. The van der Waals surface area contributed by atoms with Crippen LogP contribution in [-0.4, -0.2) is 24.2 Å². The van der Waals surface area contributed by atoms with Gasteiger partial charge in [0.1, 0.15) is 12.0 Å². The van der Waals surface area contributed by atoms with Gasteiger partial charge in [-0.05, 0) is 13.0 Å². The second-order valence-corrected chi connectivity index (χ2v) is 3.28. The van der Waals surface area contributed by atoms with E-state index in [1.807, 2.05) is 6.92 Å². The number of nitrogens with zero attached hydrogens (tertiary/aromatic N) is 1. The Kier molecular flexibility index (Phi) is 2.61.